The minimum Gasteiger partial charge on any atom is -0.0740 e. The fourth-order valence-electron chi connectivity index (χ4n) is 4.11. The summed E-state index contributed by atoms with van der Waals surface area (Å²) < 4.78 is 0. The van der Waals surface area contributed by atoms with E-state index in [0.29, 0.717) is 0 Å². The van der Waals surface area contributed by atoms with Gasteiger partial charge in [-0.05, 0) is 0 Å². The van der Waals surface area contributed by atoms with Crippen molar-refractivity contribution in [1.82, 2.24) is 0 Å². The Labute approximate surface area is 127 Å². The van der Waals surface area contributed by atoms with Gasteiger partial charge < -0.3 is 0 Å². The molecule has 19 heavy (non-hydrogen) atoms. The lowest BCUT2D eigenvalue weighted by Crippen LogP contribution is -2.55. The zero-order chi connectivity index (χ0) is 14.9. The molecule has 1 unspecified atom stereocenters. The van der Waals surface area contributed by atoms with E-state index in [1.165, 1.54) is 37.3 Å². The molecule has 0 saturated heterocycles. The Balaban J connectivity index is 5.22. The predicted octanol–water partition coefficient (Wildman–Crippen LogP) is 5.80. The fourth-order valence-corrected chi connectivity index (χ4v) is 32.0. The van der Waals surface area contributed by atoms with Gasteiger partial charge in [-0.25, -0.2) is 0 Å². The number of hydrogen-bond donors (Lipinski definition) is 0. The molecule has 0 N–H and O–H groups in total. The minimum atomic E-state index is -0.928. The van der Waals surface area contributed by atoms with Gasteiger partial charge in [-0.2, -0.15) is 0 Å². The summed E-state index contributed by atoms with van der Waals surface area (Å²) in [5.41, 5.74) is 0. The summed E-state index contributed by atoms with van der Waals surface area (Å²) in [6.07, 6.45) is 8.91. The average Bonchev–Trinajstić information content (AvgIpc) is 2.36. The first-order valence-electron chi connectivity index (χ1n) is 8.96. The zero-order valence-corrected chi connectivity index (χ0v) is 18.2. The van der Waals surface area contributed by atoms with Crippen LogP contribution in [0.15, 0.2) is 0 Å². The topological polar surface area (TPSA) is 0 Å². The molecule has 0 saturated carbocycles. The maximum atomic E-state index is 2.71. The third kappa shape index (κ3) is 5.88. The van der Waals surface area contributed by atoms with Crippen LogP contribution in [0, 0.1) is 0 Å². The first-order valence-corrected chi connectivity index (χ1v) is 18.5. The van der Waals surface area contributed by atoms with Gasteiger partial charge in [-0.3, -0.25) is 0 Å². The molecule has 0 aromatic heterocycles. The normalized spacial score (nSPS) is 14.4. The van der Waals surface area contributed by atoms with Gasteiger partial charge >= 0.3 is 0 Å². The van der Waals surface area contributed by atoms with Crippen molar-refractivity contribution < 1.29 is 0 Å². The molecule has 0 aromatic carbocycles. The second-order valence-electron chi connectivity index (χ2n) is 7.23. The summed E-state index contributed by atoms with van der Waals surface area (Å²) >= 11 is 0. The van der Waals surface area contributed by atoms with Gasteiger partial charge in [0.15, 0.2) is 0 Å². The van der Waals surface area contributed by atoms with E-state index in [1.807, 2.05) is 0 Å². The maximum Gasteiger partial charge on any atom is 0.0437 e. The van der Waals surface area contributed by atoms with Crippen LogP contribution < -0.4 is 0 Å². The van der Waals surface area contributed by atoms with Crippen molar-refractivity contribution in [2.24, 2.45) is 0 Å². The van der Waals surface area contributed by atoms with E-state index in [1.54, 1.807) is 18.5 Å². The molecule has 3 heteroatoms. The van der Waals surface area contributed by atoms with Crippen LogP contribution in [0.3, 0.4) is 0 Å². The van der Waals surface area contributed by atoms with Crippen LogP contribution in [0.2, 0.25) is 43.4 Å². The van der Waals surface area contributed by atoms with E-state index in [4.69, 9.17) is 0 Å². The molecule has 0 aliphatic carbocycles. The van der Waals surface area contributed by atoms with Crippen LogP contribution in [-0.2, 0) is 0 Å². The van der Waals surface area contributed by atoms with Gasteiger partial charge in [0.25, 0.3) is 0 Å². The van der Waals surface area contributed by atoms with E-state index in [-0.39, 0.29) is 0 Å². The third-order valence-corrected chi connectivity index (χ3v) is 28.9. The molecular formula is C16H40Si3. The molecule has 0 aliphatic heterocycles. The van der Waals surface area contributed by atoms with Gasteiger partial charge in [0.1, 0.15) is 0 Å². The zero-order valence-electron chi connectivity index (χ0n) is 14.9. The number of hydrogen-bond acceptors (Lipinski definition) is 0. The lowest BCUT2D eigenvalue weighted by atomic mass is 10.4. The fraction of sp³-hybridized carbons (Fsp3) is 1.00. The summed E-state index contributed by atoms with van der Waals surface area (Å²) in [4.78, 5) is 0. The van der Waals surface area contributed by atoms with Crippen molar-refractivity contribution in [2.45, 2.75) is 103 Å². The lowest BCUT2D eigenvalue weighted by molar-refractivity contribution is 0.778. The highest BCUT2D eigenvalue weighted by atomic mass is 29.2. The number of unbranched alkanes of at least 4 members (excludes halogenated alkanes) is 2. The van der Waals surface area contributed by atoms with E-state index in [2.05, 4.69) is 47.0 Å². The molecule has 0 aliphatic rings. The predicted molar refractivity (Wildman–Crippen MR) is 102 cm³/mol. The van der Waals surface area contributed by atoms with Crippen LogP contribution >= 0.6 is 0 Å². The molecule has 116 valence electrons. The summed E-state index contributed by atoms with van der Waals surface area (Å²) in [5, 5.41) is 1.25. The van der Waals surface area contributed by atoms with Crippen molar-refractivity contribution >= 4 is 24.7 Å². The van der Waals surface area contributed by atoms with E-state index in [0.717, 1.165) is 0 Å². The molecule has 0 bridgehead atoms. The Hall–Kier alpha value is 0.651. The van der Waals surface area contributed by atoms with Crippen LogP contribution in [0.4, 0.5) is 0 Å². The van der Waals surface area contributed by atoms with Crippen molar-refractivity contribution in [3.8, 4) is 0 Å². The standard InChI is InChI=1S/C16H40Si3/c1-8-11-14-19(18(6)7,15-12-9-2)16(13-10-3)17(4)5/h16-18H,8-15H2,1-7H3. The third-order valence-electron chi connectivity index (χ3n) is 5.28. The molecule has 1 atom stereocenters. The highest BCUT2D eigenvalue weighted by Gasteiger charge is 2.43. The summed E-state index contributed by atoms with van der Waals surface area (Å²) in [5.74, 6) is 0. The maximum absolute atomic E-state index is 2.71. The Morgan fingerprint density at radius 3 is 1.53 bits per heavy atom. The molecule has 0 spiro atoms. The van der Waals surface area contributed by atoms with Crippen LogP contribution in [0.1, 0.15) is 59.3 Å². The average molecular weight is 317 g/mol. The second-order valence-corrected chi connectivity index (χ2v) is 24.6. The Morgan fingerprint density at radius 2 is 1.26 bits per heavy atom. The molecule has 0 rings (SSSR count). The van der Waals surface area contributed by atoms with Crippen molar-refractivity contribution in [1.29, 1.82) is 0 Å². The molecule has 0 amide bonds. The van der Waals surface area contributed by atoms with Crippen molar-refractivity contribution in [2.75, 3.05) is 0 Å². The van der Waals surface area contributed by atoms with Gasteiger partial charge in [0.05, 0.1) is 0 Å². The molecule has 0 fully saturated rings. The van der Waals surface area contributed by atoms with Crippen LogP contribution in [-0.4, -0.2) is 24.7 Å². The summed E-state index contributed by atoms with van der Waals surface area (Å²) in [7, 11) is -1.86. The van der Waals surface area contributed by atoms with Gasteiger partial charge in [-0.15, -0.1) is 0 Å². The van der Waals surface area contributed by atoms with Crippen LogP contribution in [0.5, 0.6) is 0 Å². The highest BCUT2D eigenvalue weighted by molar-refractivity contribution is 7.35. The van der Waals surface area contributed by atoms with E-state index >= 15 is 0 Å². The Bertz CT molecular complexity index is 206. The highest BCUT2D eigenvalue weighted by Crippen LogP contribution is 2.40. The summed E-state index contributed by atoms with van der Waals surface area (Å²) in [6, 6.07) is 3.37. The van der Waals surface area contributed by atoms with Gasteiger partial charge in [0, 0.05) is 24.7 Å². The quantitative estimate of drug-likeness (QED) is 0.423. The molecule has 0 aromatic rings. The van der Waals surface area contributed by atoms with E-state index in [9.17, 15) is 0 Å². The smallest absolute Gasteiger partial charge is 0.0437 e. The van der Waals surface area contributed by atoms with Crippen molar-refractivity contribution in [3.05, 3.63) is 0 Å². The van der Waals surface area contributed by atoms with E-state index < -0.39 is 24.7 Å². The number of rotatable bonds is 11. The molecule has 0 nitrogen and oxygen atoms in total. The lowest BCUT2D eigenvalue weighted by Gasteiger charge is -2.45. The monoisotopic (exact) mass is 316 g/mol. The first-order chi connectivity index (χ1) is 8.96. The minimum absolute atomic E-state index is 0.456. The second kappa shape index (κ2) is 10.4. The molecule has 0 radical (unpaired) electrons. The SMILES string of the molecule is CCCC[Si](CCCC)(C(CCC)[SiH](C)C)[SiH](C)C. The summed E-state index contributed by atoms with van der Waals surface area (Å²) in [6.45, 7) is 17.9. The van der Waals surface area contributed by atoms with Gasteiger partial charge in [0.2, 0.25) is 0 Å². The van der Waals surface area contributed by atoms with Crippen molar-refractivity contribution in [3.63, 3.8) is 0 Å². The Kier molecular flexibility index (Phi) is 10.7. The molecule has 0 heterocycles. The largest absolute Gasteiger partial charge is 0.0740 e. The first kappa shape index (κ1) is 19.7. The molecular weight excluding hydrogens is 276 g/mol. The Morgan fingerprint density at radius 1 is 0.789 bits per heavy atom. The van der Waals surface area contributed by atoms with Crippen LogP contribution in [0.25, 0.3) is 0 Å². The van der Waals surface area contributed by atoms with Gasteiger partial charge in [-0.1, -0.05) is 103 Å².